The van der Waals surface area contributed by atoms with E-state index in [9.17, 15) is 14.4 Å². The number of nitrogens with zero attached hydrogens (tertiary/aromatic N) is 2. The first-order valence-corrected chi connectivity index (χ1v) is 12.2. The van der Waals surface area contributed by atoms with Crippen molar-refractivity contribution in [3.8, 4) is 5.75 Å². The van der Waals surface area contributed by atoms with Crippen molar-refractivity contribution in [1.29, 1.82) is 0 Å². The number of nitrogens with one attached hydrogen (secondary N) is 1. The zero-order chi connectivity index (χ0) is 26.4. The number of ether oxygens (including phenoxy) is 1. The number of barbiturate groups is 1. The minimum Gasteiger partial charge on any atom is -0.494 e. The van der Waals surface area contributed by atoms with E-state index in [1.807, 2.05) is 19.9 Å². The molecule has 1 saturated heterocycles. The Bertz CT molecular complexity index is 1320. The minimum atomic E-state index is -0.786. The molecule has 0 aromatic heterocycles. The lowest BCUT2D eigenvalue weighted by Crippen LogP contribution is -2.54. The molecule has 0 radical (unpaired) electrons. The van der Waals surface area contributed by atoms with Crippen LogP contribution < -0.4 is 19.9 Å². The van der Waals surface area contributed by atoms with Crippen LogP contribution in [-0.2, 0) is 9.59 Å². The third kappa shape index (κ3) is 4.41. The Morgan fingerprint density at radius 2 is 1.81 bits per heavy atom. The summed E-state index contributed by atoms with van der Waals surface area (Å²) in [5, 5.41) is 2.30. The number of imide groups is 2. The summed E-state index contributed by atoms with van der Waals surface area (Å²) in [6, 6.07) is 10.3. The van der Waals surface area contributed by atoms with Gasteiger partial charge in [-0.2, -0.15) is 0 Å². The lowest BCUT2D eigenvalue weighted by atomic mass is 9.85. The molecule has 0 bridgehead atoms. The molecule has 2 aromatic rings. The zero-order valence-corrected chi connectivity index (χ0v) is 21.9. The number of amides is 4. The Hall–Kier alpha value is -3.87. The molecule has 2 aromatic carbocycles. The molecule has 2 aliphatic rings. The van der Waals surface area contributed by atoms with Crippen molar-refractivity contribution in [3.05, 3.63) is 64.7 Å². The second-order valence-corrected chi connectivity index (χ2v) is 10.1. The summed E-state index contributed by atoms with van der Waals surface area (Å²) in [6.45, 7) is 15.1. The smallest absolute Gasteiger partial charge is 0.335 e. The lowest BCUT2D eigenvalue weighted by molar-refractivity contribution is -0.122. The largest absolute Gasteiger partial charge is 0.494 e. The van der Waals surface area contributed by atoms with Gasteiger partial charge in [0, 0.05) is 23.4 Å². The van der Waals surface area contributed by atoms with E-state index < -0.39 is 17.8 Å². The number of urea groups is 1. The number of aryl methyl sites for hydroxylation is 1. The Morgan fingerprint density at radius 1 is 1.08 bits per heavy atom. The first-order valence-electron chi connectivity index (χ1n) is 12.2. The summed E-state index contributed by atoms with van der Waals surface area (Å²) in [7, 11) is 0. The first kappa shape index (κ1) is 25.2. The summed E-state index contributed by atoms with van der Waals surface area (Å²) in [5.41, 5.74) is 5.08. The Labute approximate surface area is 212 Å². The van der Waals surface area contributed by atoms with Gasteiger partial charge in [-0.3, -0.25) is 14.9 Å². The molecule has 0 saturated carbocycles. The Kier molecular flexibility index (Phi) is 6.52. The van der Waals surface area contributed by atoms with Gasteiger partial charge in [0.1, 0.15) is 11.3 Å². The van der Waals surface area contributed by atoms with Gasteiger partial charge in [-0.1, -0.05) is 12.1 Å². The SMILES string of the molecule is CCOc1cccc(N2C(=O)NC(=O)/C(=C\c3cc4c(cc3C)N(C(C)C)C(C)(C)C=C4C)C2=O)c1. The second kappa shape index (κ2) is 9.30. The van der Waals surface area contributed by atoms with Gasteiger partial charge in [0.25, 0.3) is 11.8 Å². The van der Waals surface area contributed by atoms with E-state index >= 15 is 0 Å². The van der Waals surface area contributed by atoms with Crippen LogP contribution in [-0.4, -0.2) is 36.0 Å². The standard InChI is InChI=1S/C29H33N3O4/c1-8-36-22-11-9-10-21(15-22)31-27(34)24(26(33)30-28(31)35)14-20-13-23-19(5)16-29(6,7)32(17(2)3)25(23)12-18(20)4/h9-17H,8H2,1-7H3,(H,30,33,35)/b24-14+. The monoisotopic (exact) mass is 487 g/mol. The van der Waals surface area contributed by atoms with Gasteiger partial charge in [-0.15, -0.1) is 0 Å². The number of hydrogen-bond donors (Lipinski definition) is 1. The maximum absolute atomic E-state index is 13.4. The maximum Gasteiger partial charge on any atom is 0.335 e. The van der Waals surface area contributed by atoms with Crippen LogP contribution in [0.4, 0.5) is 16.2 Å². The molecule has 4 rings (SSSR count). The van der Waals surface area contributed by atoms with Gasteiger partial charge in [0.2, 0.25) is 0 Å². The van der Waals surface area contributed by atoms with Crippen LogP contribution in [0.2, 0.25) is 0 Å². The van der Waals surface area contributed by atoms with Crippen LogP contribution in [0, 0.1) is 6.92 Å². The quantitative estimate of drug-likeness (QED) is 0.447. The highest BCUT2D eigenvalue weighted by atomic mass is 16.5. The zero-order valence-electron chi connectivity index (χ0n) is 21.9. The van der Waals surface area contributed by atoms with E-state index in [0.29, 0.717) is 18.0 Å². The van der Waals surface area contributed by atoms with Gasteiger partial charge in [-0.05, 0) is 95.5 Å². The van der Waals surface area contributed by atoms with Gasteiger partial charge in [0.15, 0.2) is 0 Å². The molecule has 188 valence electrons. The molecule has 2 heterocycles. The van der Waals surface area contributed by atoms with E-state index in [2.05, 4.69) is 57.0 Å². The van der Waals surface area contributed by atoms with Crippen molar-refractivity contribution in [2.24, 2.45) is 0 Å². The normalized spacial score (nSPS) is 18.4. The second-order valence-electron chi connectivity index (χ2n) is 10.1. The van der Waals surface area contributed by atoms with E-state index in [-0.39, 0.29) is 17.2 Å². The number of carbonyl (C=O) groups excluding carboxylic acids is 3. The number of allylic oxidation sites excluding steroid dienone is 1. The van der Waals surface area contributed by atoms with E-state index in [0.717, 1.165) is 32.9 Å². The van der Waals surface area contributed by atoms with Crippen molar-refractivity contribution >= 4 is 40.9 Å². The summed E-state index contributed by atoms with van der Waals surface area (Å²) in [5.74, 6) is -0.855. The maximum atomic E-state index is 13.4. The summed E-state index contributed by atoms with van der Waals surface area (Å²) >= 11 is 0. The van der Waals surface area contributed by atoms with E-state index in [1.165, 1.54) is 0 Å². The van der Waals surface area contributed by atoms with Crippen LogP contribution in [0.5, 0.6) is 5.75 Å². The number of hydrogen-bond acceptors (Lipinski definition) is 5. The third-order valence-corrected chi connectivity index (χ3v) is 6.56. The lowest BCUT2D eigenvalue weighted by Gasteiger charge is -2.46. The van der Waals surface area contributed by atoms with Gasteiger partial charge >= 0.3 is 6.03 Å². The minimum absolute atomic E-state index is 0.0991. The fourth-order valence-corrected chi connectivity index (χ4v) is 5.24. The van der Waals surface area contributed by atoms with Crippen molar-refractivity contribution in [1.82, 2.24) is 5.32 Å². The average Bonchev–Trinajstić information content (AvgIpc) is 2.76. The van der Waals surface area contributed by atoms with Gasteiger partial charge in [-0.25, -0.2) is 9.69 Å². The fraction of sp³-hybridized carbons (Fsp3) is 0.345. The molecule has 4 amide bonds. The van der Waals surface area contributed by atoms with Crippen molar-refractivity contribution in [2.75, 3.05) is 16.4 Å². The van der Waals surface area contributed by atoms with Crippen LogP contribution in [0.3, 0.4) is 0 Å². The van der Waals surface area contributed by atoms with E-state index in [4.69, 9.17) is 4.74 Å². The summed E-state index contributed by atoms with van der Waals surface area (Å²) in [4.78, 5) is 42.2. The van der Waals surface area contributed by atoms with Crippen molar-refractivity contribution in [2.45, 2.75) is 60.0 Å². The van der Waals surface area contributed by atoms with Crippen molar-refractivity contribution in [3.63, 3.8) is 0 Å². The molecule has 0 aliphatic carbocycles. The highest BCUT2D eigenvalue weighted by Crippen LogP contribution is 2.42. The Balaban J connectivity index is 1.78. The predicted molar refractivity (Wildman–Crippen MR) is 143 cm³/mol. The molecule has 0 unspecified atom stereocenters. The third-order valence-electron chi connectivity index (χ3n) is 6.56. The molecule has 1 fully saturated rings. The molecule has 7 heteroatoms. The number of carbonyl (C=O) groups is 3. The molecule has 36 heavy (non-hydrogen) atoms. The van der Waals surface area contributed by atoms with Crippen molar-refractivity contribution < 1.29 is 19.1 Å². The predicted octanol–water partition coefficient (Wildman–Crippen LogP) is 5.47. The first-order chi connectivity index (χ1) is 16.9. The van der Waals surface area contributed by atoms with Gasteiger partial charge < -0.3 is 9.64 Å². The molecule has 2 aliphatic heterocycles. The summed E-state index contributed by atoms with van der Waals surface area (Å²) < 4.78 is 5.51. The van der Waals surface area contributed by atoms with E-state index in [1.54, 1.807) is 30.3 Å². The highest BCUT2D eigenvalue weighted by molar-refractivity contribution is 6.39. The number of rotatable bonds is 5. The summed E-state index contributed by atoms with van der Waals surface area (Å²) in [6.07, 6.45) is 3.82. The Morgan fingerprint density at radius 3 is 2.47 bits per heavy atom. The molecule has 1 N–H and O–H groups in total. The van der Waals surface area contributed by atoms with Crippen LogP contribution in [0.25, 0.3) is 11.6 Å². The van der Waals surface area contributed by atoms with Crippen LogP contribution in [0.1, 0.15) is 58.2 Å². The fourth-order valence-electron chi connectivity index (χ4n) is 5.24. The van der Waals surface area contributed by atoms with Gasteiger partial charge in [0.05, 0.1) is 17.8 Å². The molecule has 0 spiro atoms. The molecular formula is C29H33N3O4. The molecule has 0 atom stereocenters. The number of fused-ring (bicyclic) bond motifs is 1. The molecule has 7 nitrogen and oxygen atoms in total. The number of anilines is 2. The molecular weight excluding hydrogens is 454 g/mol. The highest BCUT2D eigenvalue weighted by Gasteiger charge is 2.38. The number of benzene rings is 2. The van der Waals surface area contributed by atoms with Crippen LogP contribution >= 0.6 is 0 Å². The average molecular weight is 488 g/mol. The van der Waals surface area contributed by atoms with Crippen LogP contribution in [0.15, 0.2) is 48.0 Å². The topological polar surface area (TPSA) is 79.0 Å².